The third-order valence-corrected chi connectivity index (χ3v) is 5.50. The fourth-order valence-electron chi connectivity index (χ4n) is 3.93. The molecule has 0 aromatic carbocycles. The second-order valence-corrected chi connectivity index (χ2v) is 8.16. The lowest BCUT2D eigenvalue weighted by atomic mass is 10.1. The van der Waals surface area contributed by atoms with Gasteiger partial charge in [-0.2, -0.15) is 13.2 Å². The maximum absolute atomic E-state index is 13.2. The van der Waals surface area contributed by atoms with Crippen LogP contribution in [0.25, 0.3) is 0 Å². The molecular formula is C21H22F3N7O3. The van der Waals surface area contributed by atoms with Crippen molar-refractivity contribution in [2.45, 2.75) is 18.6 Å². The molecule has 0 spiro atoms. The smallest absolute Gasteiger partial charge is 0.366 e. The number of hydrogen-bond donors (Lipinski definition) is 2. The van der Waals surface area contributed by atoms with E-state index in [9.17, 15) is 27.6 Å². The van der Waals surface area contributed by atoms with Crippen molar-refractivity contribution in [3.05, 3.63) is 41.7 Å². The summed E-state index contributed by atoms with van der Waals surface area (Å²) in [5, 5.41) is 4.45. The molecule has 10 nitrogen and oxygen atoms in total. The summed E-state index contributed by atoms with van der Waals surface area (Å²) >= 11 is 0. The molecule has 2 aliphatic rings. The van der Waals surface area contributed by atoms with E-state index < -0.39 is 24.7 Å². The van der Waals surface area contributed by atoms with Crippen molar-refractivity contribution < 1.29 is 27.6 Å². The molecule has 2 bridgehead atoms. The Hall–Kier alpha value is -3.90. The van der Waals surface area contributed by atoms with Gasteiger partial charge in [0.2, 0.25) is 0 Å². The van der Waals surface area contributed by atoms with Gasteiger partial charge in [-0.15, -0.1) is 0 Å². The Labute approximate surface area is 192 Å². The zero-order valence-corrected chi connectivity index (χ0v) is 18.4. The second-order valence-electron chi connectivity index (χ2n) is 8.16. The van der Waals surface area contributed by atoms with E-state index in [1.807, 2.05) is 4.90 Å². The fourth-order valence-corrected chi connectivity index (χ4v) is 3.93. The normalized spacial score (nSPS) is 16.7. The zero-order valence-electron chi connectivity index (χ0n) is 18.4. The summed E-state index contributed by atoms with van der Waals surface area (Å²) in [5.41, 5.74) is 0.698. The average Bonchev–Trinajstić information content (AvgIpc) is 3.20. The lowest BCUT2D eigenvalue weighted by Gasteiger charge is -2.35. The van der Waals surface area contributed by atoms with Gasteiger partial charge in [0, 0.05) is 38.9 Å². The molecule has 4 rings (SSSR count). The number of carbonyl (C=O) groups excluding carboxylic acids is 3. The number of urea groups is 1. The molecule has 2 aromatic heterocycles. The molecule has 4 amide bonds. The molecule has 0 radical (unpaired) electrons. The molecule has 2 N–H and O–H groups in total. The summed E-state index contributed by atoms with van der Waals surface area (Å²) in [4.78, 5) is 50.8. The van der Waals surface area contributed by atoms with Crippen LogP contribution in [0.4, 0.5) is 35.3 Å². The van der Waals surface area contributed by atoms with Gasteiger partial charge in [0.25, 0.3) is 11.8 Å². The predicted octanol–water partition coefficient (Wildman–Crippen LogP) is 2.10. The molecule has 1 atom stereocenters. The molecule has 4 heterocycles. The van der Waals surface area contributed by atoms with Crippen LogP contribution in [0.2, 0.25) is 0 Å². The van der Waals surface area contributed by atoms with Gasteiger partial charge in [0.1, 0.15) is 18.1 Å². The van der Waals surface area contributed by atoms with E-state index >= 15 is 0 Å². The summed E-state index contributed by atoms with van der Waals surface area (Å²) in [6.07, 6.45) is -2.52. The largest absolute Gasteiger partial charge is 0.405 e. The van der Waals surface area contributed by atoms with Crippen LogP contribution in [0.1, 0.15) is 27.3 Å². The molecule has 13 heteroatoms. The van der Waals surface area contributed by atoms with Crippen molar-refractivity contribution in [1.29, 1.82) is 0 Å². The zero-order chi connectivity index (χ0) is 24.6. The number of carbonyl (C=O) groups is 3. The first-order valence-electron chi connectivity index (χ1n) is 10.4. The maximum Gasteiger partial charge on any atom is 0.405 e. The van der Waals surface area contributed by atoms with Gasteiger partial charge in [0.15, 0.2) is 5.82 Å². The number of fused-ring (bicyclic) bond motifs is 4. The quantitative estimate of drug-likeness (QED) is 0.698. The SMILES string of the molecule is CN(C)C(=O)c1ccnc(NC(=O)N2c3nc(C(=O)NCC(F)(F)F)ccc3N3CC[C@H]2C3)c1. The van der Waals surface area contributed by atoms with Crippen LogP contribution in [0.15, 0.2) is 30.5 Å². The van der Waals surface area contributed by atoms with Crippen LogP contribution in [0, 0.1) is 0 Å². The number of nitrogens with one attached hydrogen (secondary N) is 2. The van der Waals surface area contributed by atoms with E-state index in [4.69, 9.17) is 0 Å². The summed E-state index contributed by atoms with van der Waals surface area (Å²) in [6, 6.07) is 5.05. The van der Waals surface area contributed by atoms with E-state index in [1.165, 1.54) is 34.2 Å². The van der Waals surface area contributed by atoms with Crippen LogP contribution in [-0.2, 0) is 0 Å². The van der Waals surface area contributed by atoms with E-state index in [-0.39, 0.29) is 29.3 Å². The van der Waals surface area contributed by atoms with Crippen molar-refractivity contribution in [3.63, 3.8) is 0 Å². The monoisotopic (exact) mass is 477 g/mol. The molecule has 34 heavy (non-hydrogen) atoms. The van der Waals surface area contributed by atoms with Crippen molar-refractivity contribution in [2.75, 3.05) is 48.8 Å². The lowest BCUT2D eigenvalue weighted by Crippen LogP contribution is -2.48. The maximum atomic E-state index is 13.2. The van der Waals surface area contributed by atoms with Crippen LogP contribution in [-0.4, -0.2) is 78.7 Å². The number of rotatable bonds is 4. The van der Waals surface area contributed by atoms with Crippen molar-refractivity contribution in [1.82, 2.24) is 20.2 Å². The first-order chi connectivity index (χ1) is 16.0. The van der Waals surface area contributed by atoms with Crippen LogP contribution >= 0.6 is 0 Å². The average molecular weight is 477 g/mol. The van der Waals surface area contributed by atoms with E-state index in [0.29, 0.717) is 30.8 Å². The van der Waals surface area contributed by atoms with Gasteiger partial charge in [-0.05, 0) is 30.7 Å². The number of hydrogen-bond acceptors (Lipinski definition) is 6. The van der Waals surface area contributed by atoms with Gasteiger partial charge in [-0.1, -0.05) is 0 Å². The molecular weight excluding hydrogens is 455 g/mol. The Morgan fingerprint density at radius 3 is 2.68 bits per heavy atom. The molecule has 180 valence electrons. The Kier molecular flexibility index (Phi) is 6.02. The summed E-state index contributed by atoms with van der Waals surface area (Å²) in [7, 11) is 3.21. The highest BCUT2D eigenvalue weighted by atomic mass is 19.4. The topological polar surface area (TPSA) is 111 Å². The van der Waals surface area contributed by atoms with Gasteiger partial charge < -0.3 is 15.1 Å². The van der Waals surface area contributed by atoms with Gasteiger partial charge in [0.05, 0.1) is 11.7 Å². The highest BCUT2D eigenvalue weighted by molar-refractivity contribution is 6.05. The molecule has 0 saturated carbocycles. The number of amides is 4. The predicted molar refractivity (Wildman–Crippen MR) is 117 cm³/mol. The van der Waals surface area contributed by atoms with Crippen molar-refractivity contribution in [2.24, 2.45) is 0 Å². The number of pyridine rings is 2. The highest BCUT2D eigenvalue weighted by Gasteiger charge is 2.41. The fraction of sp³-hybridized carbons (Fsp3) is 0.381. The lowest BCUT2D eigenvalue weighted by molar-refractivity contribution is -0.123. The van der Waals surface area contributed by atoms with E-state index in [0.717, 1.165) is 0 Å². The second kappa shape index (κ2) is 8.80. The Bertz CT molecular complexity index is 1140. The Balaban J connectivity index is 1.60. The van der Waals surface area contributed by atoms with E-state index in [2.05, 4.69) is 15.3 Å². The van der Waals surface area contributed by atoms with Gasteiger partial charge in [-0.25, -0.2) is 14.8 Å². The number of anilines is 3. The molecule has 2 aliphatic heterocycles. The third-order valence-electron chi connectivity index (χ3n) is 5.50. The summed E-state index contributed by atoms with van der Waals surface area (Å²) in [6.45, 7) is -0.278. The standard InChI is InChI=1S/C21H22F3N7O3/c1-29(2)19(33)12-5-7-25-16(9-12)28-20(34)31-13-6-8-30(10-13)15-4-3-14(27-17(15)31)18(32)26-11-21(22,23)24/h3-5,7,9,13H,6,8,10-11H2,1-2H3,(H,26,32)(H,25,28,34)/t13-/m0/s1. The van der Waals surface area contributed by atoms with Crippen LogP contribution in [0.3, 0.4) is 0 Å². The Morgan fingerprint density at radius 2 is 1.97 bits per heavy atom. The minimum atomic E-state index is -4.56. The van der Waals surface area contributed by atoms with Gasteiger partial charge >= 0.3 is 12.2 Å². The first kappa shape index (κ1) is 23.3. The number of nitrogens with zero attached hydrogens (tertiary/aromatic N) is 5. The summed E-state index contributed by atoms with van der Waals surface area (Å²) in [5.74, 6) is -0.931. The van der Waals surface area contributed by atoms with Crippen LogP contribution in [0.5, 0.6) is 0 Å². The summed E-state index contributed by atoms with van der Waals surface area (Å²) < 4.78 is 37.4. The highest BCUT2D eigenvalue weighted by Crippen LogP contribution is 2.39. The molecule has 0 aliphatic carbocycles. The van der Waals surface area contributed by atoms with Crippen molar-refractivity contribution in [3.8, 4) is 0 Å². The number of aromatic nitrogens is 2. The van der Waals surface area contributed by atoms with Gasteiger partial charge in [-0.3, -0.25) is 19.8 Å². The Morgan fingerprint density at radius 1 is 1.21 bits per heavy atom. The first-order valence-corrected chi connectivity index (χ1v) is 10.4. The molecule has 0 unspecified atom stereocenters. The minimum Gasteiger partial charge on any atom is -0.366 e. The number of alkyl halides is 3. The molecule has 1 saturated heterocycles. The number of halogens is 3. The molecule has 2 aromatic rings. The molecule has 1 fully saturated rings. The van der Waals surface area contributed by atoms with E-state index in [1.54, 1.807) is 25.5 Å². The minimum absolute atomic E-state index is 0.152. The van der Waals surface area contributed by atoms with Crippen molar-refractivity contribution >= 4 is 35.2 Å². The van der Waals surface area contributed by atoms with Crippen LogP contribution < -0.4 is 20.4 Å². The third kappa shape index (κ3) is 4.72.